The topological polar surface area (TPSA) is 113 Å². The van der Waals surface area contributed by atoms with Crippen molar-refractivity contribution < 1.29 is 28.9 Å². The van der Waals surface area contributed by atoms with Crippen LogP contribution in [0.25, 0.3) is 0 Å². The molecule has 3 aliphatic heterocycles. The Morgan fingerprint density at radius 1 is 1.23 bits per heavy atom. The van der Waals surface area contributed by atoms with Crippen molar-refractivity contribution in [1.29, 1.82) is 0 Å². The molecule has 2 N–H and O–H groups in total. The van der Waals surface area contributed by atoms with Crippen LogP contribution in [-0.2, 0) is 48.7 Å². The third kappa shape index (κ3) is 6.54. The van der Waals surface area contributed by atoms with E-state index in [9.17, 15) is 14.7 Å². The molecule has 4 heterocycles. The van der Waals surface area contributed by atoms with Crippen LogP contribution < -0.4 is 10.2 Å². The maximum Gasteiger partial charge on any atom is 0.325 e. The number of anilines is 2. The van der Waals surface area contributed by atoms with Crippen molar-refractivity contribution in [2.45, 2.75) is 102 Å². The predicted octanol–water partition coefficient (Wildman–Crippen LogP) is 5.26. The highest BCUT2D eigenvalue weighted by atomic mass is 16.5. The van der Waals surface area contributed by atoms with Gasteiger partial charge in [-0.2, -0.15) is 0 Å². The van der Waals surface area contributed by atoms with Gasteiger partial charge >= 0.3 is 5.97 Å². The Balaban J connectivity index is 1.15. The Labute approximate surface area is 279 Å². The molecule has 256 valence electrons. The van der Waals surface area contributed by atoms with E-state index in [4.69, 9.17) is 19.2 Å². The number of nitrogens with zero attached hydrogens (tertiary/aromatic N) is 3. The van der Waals surface area contributed by atoms with Crippen molar-refractivity contribution >= 4 is 23.4 Å². The molecule has 6 rings (SSSR count). The Morgan fingerprint density at radius 2 is 2.02 bits per heavy atom. The number of carbonyl (C=O) groups excluding carboxylic acids is 1. The highest BCUT2D eigenvalue weighted by Crippen LogP contribution is 2.52. The molecule has 2 aromatic rings. The summed E-state index contributed by atoms with van der Waals surface area (Å²) in [6, 6.07) is 7.43. The molecule has 3 atom stereocenters. The SMILES string of the molecule is COCc1cc(C(C(=O)O)N(C)[C@H]2C[C@H](OCCCCc3ccc4c(n3)NCCC4)C(C)(C)C2)c2c(c1)C1(CCOCC1)C(=O)N2C. The van der Waals surface area contributed by atoms with E-state index < -0.39 is 17.4 Å². The van der Waals surface area contributed by atoms with Gasteiger partial charge in [0.25, 0.3) is 0 Å². The van der Waals surface area contributed by atoms with Crippen LogP contribution in [-0.4, -0.2) is 86.6 Å². The quantitative estimate of drug-likeness (QED) is 0.298. The first-order chi connectivity index (χ1) is 22.6. The van der Waals surface area contributed by atoms with Crippen LogP contribution in [0.3, 0.4) is 0 Å². The van der Waals surface area contributed by atoms with E-state index >= 15 is 0 Å². The second kappa shape index (κ2) is 13.8. The number of amides is 1. The molecule has 1 saturated carbocycles. The van der Waals surface area contributed by atoms with E-state index in [-0.39, 0.29) is 23.5 Å². The van der Waals surface area contributed by atoms with Gasteiger partial charge in [0.05, 0.1) is 23.8 Å². The maximum atomic E-state index is 13.8. The van der Waals surface area contributed by atoms with Crippen molar-refractivity contribution in [2.24, 2.45) is 5.41 Å². The number of aromatic nitrogens is 1. The van der Waals surface area contributed by atoms with Gasteiger partial charge in [-0.15, -0.1) is 0 Å². The summed E-state index contributed by atoms with van der Waals surface area (Å²) < 4.78 is 17.7. The number of ether oxygens (including phenoxy) is 3. The van der Waals surface area contributed by atoms with E-state index in [0.717, 1.165) is 79.8 Å². The number of unbranched alkanes of at least 4 members (excludes halogenated alkanes) is 1. The predicted molar refractivity (Wildman–Crippen MR) is 181 cm³/mol. The summed E-state index contributed by atoms with van der Waals surface area (Å²) in [5.41, 5.74) is 4.80. The number of hydrogen-bond acceptors (Lipinski definition) is 8. The van der Waals surface area contributed by atoms with Gasteiger partial charge in [0.2, 0.25) is 5.91 Å². The molecule has 10 heteroatoms. The lowest BCUT2D eigenvalue weighted by molar-refractivity contribution is -0.144. The Kier molecular flexibility index (Phi) is 9.95. The Hall–Kier alpha value is -3.05. The molecular weight excluding hydrogens is 596 g/mol. The summed E-state index contributed by atoms with van der Waals surface area (Å²) in [7, 11) is 5.34. The number of nitrogens with one attached hydrogen (secondary N) is 1. The molecule has 4 aliphatic rings. The summed E-state index contributed by atoms with van der Waals surface area (Å²) >= 11 is 0. The van der Waals surface area contributed by atoms with Crippen LogP contribution in [0.5, 0.6) is 0 Å². The number of fused-ring (bicyclic) bond motifs is 3. The van der Waals surface area contributed by atoms with E-state index in [1.165, 1.54) is 5.56 Å². The van der Waals surface area contributed by atoms with Gasteiger partial charge in [0, 0.05) is 57.8 Å². The second-order valence-corrected chi connectivity index (χ2v) is 14.7. The molecule has 1 aromatic heterocycles. The van der Waals surface area contributed by atoms with Gasteiger partial charge in [-0.3, -0.25) is 14.5 Å². The zero-order chi connectivity index (χ0) is 33.3. The van der Waals surface area contributed by atoms with Crippen molar-refractivity contribution in [1.82, 2.24) is 9.88 Å². The fourth-order valence-corrected chi connectivity index (χ4v) is 8.53. The van der Waals surface area contributed by atoms with Crippen molar-refractivity contribution in [2.75, 3.05) is 57.8 Å². The Morgan fingerprint density at radius 3 is 2.77 bits per heavy atom. The average molecular weight is 649 g/mol. The molecule has 10 nitrogen and oxygen atoms in total. The lowest BCUT2D eigenvalue weighted by Crippen LogP contribution is -2.43. The molecule has 1 aliphatic carbocycles. The number of likely N-dealkylation sites (N-methyl/N-ethyl adjacent to an activating group) is 2. The van der Waals surface area contributed by atoms with Crippen LogP contribution in [0.15, 0.2) is 24.3 Å². The third-order valence-electron chi connectivity index (χ3n) is 11.2. The zero-order valence-electron chi connectivity index (χ0n) is 28.8. The van der Waals surface area contributed by atoms with Gasteiger partial charge in [-0.25, -0.2) is 4.98 Å². The molecule has 0 radical (unpaired) electrons. The molecule has 0 bridgehead atoms. The largest absolute Gasteiger partial charge is 0.480 e. The highest BCUT2D eigenvalue weighted by Gasteiger charge is 2.53. The first-order valence-electron chi connectivity index (χ1n) is 17.4. The van der Waals surface area contributed by atoms with Crippen molar-refractivity contribution in [3.05, 3.63) is 52.2 Å². The van der Waals surface area contributed by atoms with E-state index in [0.29, 0.717) is 44.8 Å². The van der Waals surface area contributed by atoms with Crippen LogP contribution in [0.4, 0.5) is 11.5 Å². The number of carboxylic acid groups (broad SMARTS) is 1. The number of aliphatic carboxylic acids is 1. The number of hydrogen-bond donors (Lipinski definition) is 2. The van der Waals surface area contributed by atoms with Crippen LogP contribution in [0.2, 0.25) is 0 Å². The van der Waals surface area contributed by atoms with Crippen LogP contribution in [0.1, 0.15) is 92.8 Å². The molecule has 2 fully saturated rings. The summed E-state index contributed by atoms with van der Waals surface area (Å²) in [5, 5.41) is 14.2. The summed E-state index contributed by atoms with van der Waals surface area (Å²) in [6.07, 6.45) is 7.91. The lowest BCUT2D eigenvalue weighted by Gasteiger charge is -2.34. The fourth-order valence-electron chi connectivity index (χ4n) is 8.53. The summed E-state index contributed by atoms with van der Waals surface area (Å²) in [4.78, 5) is 35.5. The minimum absolute atomic E-state index is 0.00415. The third-order valence-corrected chi connectivity index (χ3v) is 11.2. The van der Waals surface area contributed by atoms with Crippen molar-refractivity contribution in [3.8, 4) is 0 Å². The molecular formula is C37H52N4O6. The smallest absolute Gasteiger partial charge is 0.325 e. The van der Waals surface area contributed by atoms with Crippen molar-refractivity contribution in [3.63, 3.8) is 0 Å². The van der Waals surface area contributed by atoms with Crippen LogP contribution >= 0.6 is 0 Å². The lowest BCUT2D eigenvalue weighted by atomic mass is 9.74. The fraction of sp³-hybridized carbons (Fsp3) is 0.649. The first kappa shape index (κ1) is 33.8. The number of pyridine rings is 1. The number of rotatable bonds is 12. The van der Waals surface area contributed by atoms with Gasteiger partial charge < -0.3 is 29.5 Å². The first-order valence-corrected chi connectivity index (χ1v) is 17.4. The van der Waals surface area contributed by atoms with Crippen LogP contribution in [0, 0.1) is 5.41 Å². The molecule has 47 heavy (non-hydrogen) atoms. The summed E-state index contributed by atoms with van der Waals surface area (Å²) in [6.45, 7) is 7.47. The van der Waals surface area contributed by atoms with E-state index in [2.05, 4.69) is 37.4 Å². The zero-order valence-corrected chi connectivity index (χ0v) is 28.8. The normalized spacial score (nSPS) is 23.5. The molecule has 1 unspecified atom stereocenters. The second-order valence-electron chi connectivity index (χ2n) is 14.7. The Bertz CT molecular complexity index is 1470. The number of methoxy groups -OCH3 is 1. The minimum Gasteiger partial charge on any atom is -0.480 e. The molecule has 1 aromatic carbocycles. The van der Waals surface area contributed by atoms with Gasteiger partial charge in [-0.05, 0) is 99.1 Å². The van der Waals surface area contributed by atoms with Gasteiger partial charge in [0.1, 0.15) is 11.9 Å². The average Bonchev–Trinajstić information content (AvgIpc) is 3.46. The highest BCUT2D eigenvalue weighted by molar-refractivity contribution is 6.09. The molecule has 1 saturated heterocycles. The standard InChI is InChI=1S/C37H52N4O6/c1-36(2)22-27(21-30(36)47-16-7-6-10-26-12-11-25-9-8-15-38-33(25)39-26)40(3)32(34(42)43)28-19-24(23-45-5)20-29-31(28)41(4)35(44)37(29)13-17-46-18-14-37/h11-12,19-20,27,30,32H,6-10,13-18,21-23H2,1-5H3,(H,38,39)(H,42,43)/t27-,30-,32?/m0/s1. The monoisotopic (exact) mass is 648 g/mol. The molecule has 1 amide bonds. The van der Waals surface area contributed by atoms with E-state index in [1.54, 1.807) is 19.1 Å². The number of benzene rings is 1. The number of carboxylic acids is 1. The summed E-state index contributed by atoms with van der Waals surface area (Å²) in [5.74, 6) is 0.142. The number of carbonyl (C=O) groups is 2. The molecule has 1 spiro atoms. The van der Waals surface area contributed by atoms with Gasteiger partial charge in [-0.1, -0.05) is 26.0 Å². The van der Waals surface area contributed by atoms with Gasteiger partial charge in [0.15, 0.2) is 0 Å². The number of aryl methyl sites for hydroxylation is 2. The minimum atomic E-state index is -0.927. The van der Waals surface area contributed by atoms with E-state index in [1.807, 2.05) is 18.0 Å². The maximum absolute atomic E-state index is 13.8.